The maximum absolute atomic E-state index is 12.4. The second-order valence-corrected chi connectivity index (χ2v) is 7.23. The summed E-state index contributed by atoms with van der Waals surface area (Å²) in [5, 5.41) is 9.05. The molecule has 6 nitrogen and oxygen atoms in total. The van der Waals surface area contributed by atoms with Gasteiger partial charge in [0.15, 0.2) is 0 Å². The van der Waals surface area contributed by atoms with Crippen LogP contribution in [0.15, 0.2) is 0 Å². The molecule has 0 saturated carbocycles. The lowest BCUT2D eigenvalue weighted by Crippen LogP contribution is -2.44. The molecule has 18 heavy (non-hydrogen) atoms. The van der Waals surface area contributed by atoms with E-state index in [1.807, 2.05) is 6.92 Å². The molecule has 0 aromatic rings. The second-order valence-electron chi connectivity index (χ2n) is 5.35. The Bertz CT molecular complexity index is 436. The van der Waals surface area contributed by atoms with Crippen molar-refractivity contribution in [2.75, 3.05) is 19.6 Å². The fraction of sp³-hybridized carbons (Fsp3) is 0.909. The van der Waals surface area contributed by atoms with Crippen LogP contribution in [0.5, 0.6) is 0 Å². The molecule has 1 N–H and O–H groups in total. The lowest BCUT2D eigenvalue weighted by molar-refractivity contribution is -0.142. The van der Waals surface area contributed by atoms with E-state index in [0.717, 1.165) is 12.8 Å². The van der Waals surface area contributed by atoms with Crippen LogP contribution in [0.2, 0.25) is 0 Å². The third kappa shape index (κ3) is 2.26. The molecular formula is C11H20N2O4S. The zero-order valence-electron chi connectivity index (χ0n) is 10.7. The molecule has 2 aliphatic rings. The summed E-state index contributed by atoms with van der Waals surface area (Å²) in [6.45, 7) is 4.65. The molecule has 104 valence electrons. The standard InChI is InChI=1S/C11H20N2O4S/c1-8-6-12(7-10(8)11(14)15)18(16,17)13-5-3-4-9(13)2/h8-10H,3-7H2,1-2H3,(H,14,15)/t8-,9?,10-/m1/s1. The average Bonchev–Trinajstić information content (AvgIpc) is 2.84. The molecule has 0 bridgehead atoms. The monoisotopic (exact) mass is 276 g/mol. The molecule has 1 unspecified atom stereocenters. The van der Waals surface area contributed by atoms with Gasteiger partial charge in [-0.05, 0) is 25.7 Å². The Morgan fingerprint density at radius 1 is 1.28 bits per heavy atom. The highest BCUT2D eigenvalue weighted by molar-refractivity contribution is 7.86. The van der Waals surface area contributed by atoms with Crippen LogP contribution in [-0.2, 0) is 15.0 Å². The Morgan fingerprint density at radius 3 is 2.39 bits per heavy atom. The first-order chi connectivity index (χ1) is 8.34. The van der Waals surface area contributed by atoms with Gasteiger partial charge in [0.05, 0.1) is 5.92 Å². The molecule has 2 aliphatic heterocycles. The van der Waals surface area contributed by atoms with Crippen molar-refractivity contribution >= 4 is 16.2 Å². The van der Waals surface area contributed by atoms with E-state index in [-0.39, 0.29) is 18.5 Å². The van der Waals surface area contributed by atoms with Crippen molar-refractivity contribution in [1.29, 1.82) is 0 Å². The Labute approximate surface area is 108 Å². The predicted octanol–water partition coefficient (Wildman–Crippen LogP) is 0.368. The maximum Gasteiger partial charge on any atom is 0.308 e. The van der Waals surface area contributed by atoms with Crippen molar-refractivity contribution in [2.45, 2.75) is 32.7 Å². The number of carboxylic acids is 1. The van der Waals surface area contributed by atoms with Gasteiger partial charge in [-0.25, -0.2) is 0 Å². The molecule has 3 atom stereocenters. The van der Waals surface area contributed by atoms with Crippen LogP contribution < -0.4 is 0 Å². The first kappa shape index (κ1) is 13.8. The molecule has 7 heteroatoms. The summed E-state index contributed by atoms with van der Waals surface area (Å²) in [6.07, 6.45) is 1.76. The molecular weight excluding hydrogens is 256 g/mol. The zero-order chi connectivity index (χ0) is 13.5. The fourth-order valence-electron chi connectivity index (χ4n) is 2.83. The van der Waals surface area contributed by atoms with Crippen molar-refractivity contribution in [2.24, 2.45) is 11.8 Å². The number of hydrogen-bond acceptors (Lipinski definition) is 3. The smallest absolute Gasteiger partial charge is 0.308 e. The van der Waals surface area contributed by atoms with Crippen LogP contribution in [0, 0.1) is 11.8 Å². The normalized spacial score (nSPS) is 35.1. The van der Waals surface area contributed by atoms with Crippen molar-refractivity contribution < 1.29 is 18.3 Å². The lowest BCUT2D eigenvalue weighted by Gasteiger charge is -2.26. The minimum atomic E-state index is -3.48. The number of carbonyl (C=O) groups is 1. The lowest BCUT2D eigenvalue weighted by atomic mass is 9.99. The van der Waals surface area contributed by atoms with E-state index in [0.29, 0.717) is 13.1 Å². The van der Waals surface area contributed by atoms with Gasteiger partial charge in [-0.2, -0.15) is 17.0 Å². The van der Waals surface area contributed by atoms with Crippen molar-refractivity contribution in [3.05, 3.63) is 0 Å². The largest absolute Gasteiger partial charge is 0.481 e. The van der Waals surface area contributed by atoms with Crippen LogP contribution in [0.3, 0.4) is 0 Å². The van der Waals surface area contributed by atoms with E-state index in [1.165, 1.54) is 8.61 Å². The minimum Gasteiger partial charge on any atom is -0.481 e. The number of carboxylic acid groups (broad SMARTS) is 1. The molecule has 2 rings (SSSR count). The maximum atomic E-state index is 12.4. The summed E-state index contributed by atoms with van der Waals surface area (Å²) < 4.78 is 27.7. The van der Waals surface area contributed by atoms with Crippen molar-refractivity contribution in [3.8, 4) is 0 Å². The molecule has 2 heterocycles. The summed E-state index contributed by atoms with van der Waals surface area (Å²) in [5.74, 6) is -1.62. The molecule has 2 fully saturated rings. The second kappa shape index (κ2) is 4.79. The molecule has 0 aromatic carbocycles. The van der Waals surface area contributed by atoms with E-state index >= 15 is 0 Å². The van der Waals surface area contributed by atoms with Gasteiger partial charge in [0, 0.05) is 25.7 Å². The highest BCUT2D eigenvalue weighted by Gasteiger charge is 2.44. The third-order valence-corrected chi connectivity index (χ3v) is 6.10. The van der Waals surface area contributed by atoms with Crippen LogP contribution in [0.1, 0.15) is 26.7 Å². The van der Waals surface area contributed by atoms with Gasteiger partial charge in [-0.1, -0.05) is 6.92 Å². The SMILES string of the molecule is CC1CCCN1S(=O)(=O)N1C[C@@H](C)[C@H](C(=O)O)C1. The van der Waals surface area contributed by atoms with Gasteiger partial charge in [0.2, 0.25) is 0 Å². The van der Waals surface area contributed by atoms with Crippen molar-refractivity contribution in [3.63, 3.8) is 0 Å². The Balaban J connectivity index is 2.15. The first-order valence-electron chi connectivity index (χ1n) is 6.33. The summed E-state index contributed by atoms with van der Waals surface area (Å²) in [6, 6.07) is 0.0224. The van der Waals surface area contributed by atoms with Gasteiger partial charge in [-0.3, -0.25) is 4.79 Å². The van der Waals surface area contributed by atoms with Crippen LogP contribution in [0.4, 0.5) is 0 Å². The minimum absolute atomic E-state index is 0.0224. The van der Waals surface area contributed by atoms with Gasteiger partial charge < -0.3 is 5.11 Å². The van der Waals surface area contributed by atoms with E-state index in [2.05, 4.69) is 0 Å². The highest BCUT2D eigenvalue weighted by Crippen LogP contribution is 2.30. The molecule has 0 amide bonds. The number of rotatable bonds is 3. The number of aliphatic carboxylic acids is 1. The summed E-state index contributed by atoms with van der Waals surface area (Å²) >= 11 is 0. The Kier molecular flexibility index (Phi) is 3.66. The fourth-order valence-corrected chi connectivity index (χ4v) is 4.82. The molecule has 0 radical (unpaired) electrons. The van der Waals surface area contributed by atoms with Gasteiger partial charge in [0.1, 0.15) is 0 Å². The molecule has 0 spiro atoms. The Morgan fingerprint density at radius 2 is 1.94 bits per heavy atom. The van der Waals surface area contributed by atoms with Gasteiger partial charge in [-0.15, -0.1) is 0 Å². The average molecular weight is 276 g/mol. The molecule has 0 aliphatic carbocycles. The van der Waals surface area contributed by atoms with E-state index in [1.54, 1.807) is 6.92 Å². The van der Waals surface area contributed by atoms with Crippen LogP contribution >= 0.6 is 0 Å². The summed E-state index contributed by atoms with van der Waals surface area (Å²) in [5.41, 5.74) is 0. The topological polar surface area (TPSA) is 77.9 Å². The van der Waals surface area contributed by atoms with Gasteiger partial charge in [0.25, 0.3) is 10.2 Å². The Hall–Kier alpha value is -0.660. The summed E-state index contributed by atoms with van der Waals surface area (Å²) in [4.78, 5) is 11.0. The zero-order valence-corrected chi connectivity index (χ0v) is 11.6. The quantitative estimate of drug-likeness (QED) is 0.807. The number of nitrogens with zero attached hydrogens (tertiary/aromatic N) is 2. The summed E-state index contributed by atoms with van der Waals surface area (Å²) in [7, 11) is -3.48. The first-order valence-corrected chi connectivity index (χ1v) is 7.73. The molecule has 0 aromatic heterocycles. The van der Waals surface area contributed by atoms with Crippen LogP contribution in [0.25, 0.3) is 0 Å². The van der Waals surface area contributed by atoms with E-state index in [9.17, 15) is 13.2 Å². The van der Waals surface area contributed by atoms with Gasteiger partial charge >= 0.3 is 5.97 Å². The van der Waals surface area contributed by atoms with E-state index < -0.39 is 22.1 Å². The predicted molar refractivity (Wildman–Crippen MR) is 66.2 cm³/mol. The number of hydrogen-bond donors (Lipinski definition) is 1. The molecule has 2 saturated heterocycles. The van der Waals surface area contributed by atoms with Crippen LogP contribution in [-0.4, -0.2) is 53.8 Å². The third-order valence-electron chi connectivity index (χ3n) is 4.01. The van der Waals surface area contributed by atoms with Crippen molar-refractivity contribution in [1.82, 2.24) is 8.61 Å². The highest BCUT2D eigenvalue weighted by atomic mass is 32.2. The van der Waals surface area contributed by atoms with E-state index in [4.69, 9.17) is 5.11 Å².